The Kier molecular flexibility index (Phi) is 10.5. The molecule has 39 heavy (non-hydrogen) atoms. The highest BCUT2D eigenvalue weighted by Gasteiger charge is 2.32. The molecule has 0 saturated heterocycles. The Hall–Kier alpha value is -3.37. The van der Waals surface area contributed by atoms with E-state index in [0.29, 0.717) is 18.0 Å². The van der Waals surface area contributed by atoms with Gasteiger partial charge in [0.2, 0.25) is 11.8 Å². The van der Waals surface area contributed by atoms with Gasteiger partial charge in [-0.25, -0.2) is 8.42 Å². The van der Waals surface area contributed by atoms with Gasteiger partial charge < -0.3 is 15.0 Å². The third kappa shape index (κ3) is 7.83. The predicted molar refractivity (Wildman–Crippen MR) is 156 cm³/mol. The van der Waals surface area contributed by atoms with Crippen LogP contribution in [0.3, 0.4) is 0 Å². The molecule has 0 aromatic heterocycles. The summed E-state index contributed by atoms with van der Waals surface area (Å²) in [6.07, 6.45) is 0.747. The minimum Gasteiger partial charge on any atom is -0.497 e. The third-order valence-corrected chi connectivity index (χ3v) is 8.55. The number of hydrogen-bond acceptors (Lipinski definition) is 5. The van der Waals surface area contributed by atoms with E-state index in [4.69, 9.17) is 4.74 Å². The molecule has 10 heteroatoms. The minimum atomic E-state index is -4.10. The van der Waals surface area contributed by atoms with Gasteiger partial charge in [0, 0.05) is 17.6 Å². The van der Waals surface area contributed by atoms with Gasteiger partial charge in [0.15, 0.2) is 0 Å². The summed E-state index contributed by atoms with van der Waals surface area (Å²) in [6.45, 7) is 5.55. The van der Waals surface area contributed by atoms with Gasteiger partial charge in [-0.3, -0.25) is 13.9 Å². The first kappa shape index (κ1) is 30.2. The van der Waals surface area contributed by atoms with Gasteiger partial charge in [-0.05, 0) is 74.4 Å². The molecular weight excluding hydrogens is 582 g/mol. The van der Waals surface area contributed by atoms with E-state index in [9.17, 15) is 18.0 Å². The summed E-state index contributed by atoms with van der Waals surface area (Å²) in [6, 6.07) is 19.5. The van der Waals surface area contributed by atoms with Crippen LogP contribution in [0.25, 0.3) is 0 Å². The topological polar surface area (TPSA) is 96.0 Å². The van der Waals surface area contributed by atoms with Gasteiger partial charge in [0.25, 0.3) is 10.0 Å². The van der Waals surface area contributed by atoms with Crippen LogP contribution in [0.4, 0.5) is 5.69 Å². The number of anilines is 1. The zero-order chi connectivity index (χ0) is 28.6. The number of ether oxygens (including phenoxy) is 1. The van der Waals surface area contributed by atoms with Crippen LogP contribution in [-0.4, -0.2) is 51.4 Å². The Morgan fingerprint density at radius 3 is 2.15 bits per heavy atom. The number of hydrogen-bond donors (Lipinski definition) is 1. The highest BCUT2D eigenvalue weighted by molar-refractivity contribution is 9.10. The van der Waals surface area contributed by atoms with E-state index in [1.807, 2.05) is 26.0 Å². The fraction of sp³-hybridized carbons (Fsp3) is 0.310. The number of carbonyl (C=O) groups excluding carboxylic acids is 2. The molecule has 0 spiro atoms. The first-order valence-corrected chi connectivity index (χ1v) is 14.8. The summed E-state index contributed by atoms with van der Waals surface area (Å²) in [5, 5.41) is 2.83. The molecule has 0 aliphatic rings. The van der Waals surface area contributed by atoms with Gasteiger partial charge in [-0.1, -0.05) is 52.7 Å². The average Bonchev–Trinajstić information content (AvgIpc) is 2.93. The molecule has 1 unspecified atom stereocenters. The third-order valence-electron chi connectivity index (χ3n) is 6.23. The van der Waals surface area contributed by atoms with Crippen LogP contribution in [0.15, 0.2) is 82.2 Å². The van der Waals surface area contributed by atoms with Crippen molar-refractivity contribution >= 4 is 43.5 Å². The monoisotopic (exact) mass is 615 g/mol. The standard InChI is InChI=1S/C29H34BrN3O5S/c1-5-18-31-29(35)22(3)32(19-23-8-14-26(38-4)15-9-23)28(34)20-33(25-12-10-24(30)11-13-25)39(36,37)27-16-6-21(2)7-17-27/h6-17,22H,5,18-20H2,1-4H3,(H,31,35). The minimum absolute atomic E-state index is 0.0688. The van der Waals surface area contributed by atoms with Crippen molar-refractivity contribution in [3.63, 3.8) is 0 Å². The van der Waals surface area contributed by atoms with Gasteiger partial charge in [0.05, 0.1) is 17.7 Å². The van der Waals surface area contributed by atoms with Gasteiger partial charge in [-0.2, -0.15) is 0 Å². The van der Waals surface area contributed by atoms with E-state index >= 15 is 0 Å². The number of rotatable bonds is 12. The van der Waals surface area contributed by atoms with Crippen molar-refractivity contribution in [2.45, 2.75) is 44.7 Å². The number of halogens is 1. The average molecular weight is 617 g/mol. The highest BCUT2D eigenvalue weighted by Crippen LogP contribution is 2.26. The predicted octanol–water partition coefficient (Wildman–Crippen LogP) is 4.90. The number of benzene rings is 3. The van der Waals surface area contributed by atoms with Crippen LogP contribution in [0, 0.1) is 6.92 Å². The second-order valence-corrected chi connectivity index (χ2v) is 11.9. The lowest BCUT2D eigenvalue weighted by Crippen LogP contribution is -2.51. The second kappa shape index (κ2) is 13.6. The summed E-state index contributed by atoms with van der Waals surface area (Å²) < 4.78 is 34.7. The molecule has 3 aromatic carbocycles. The van der Waals surface area contributed by atoms with Gasteiger partial charge in [-0.15, -0.1) is 0 Å². The molecule has 3 aromatic rings. The molecule has 0 bridgehead atoms. The highest BCUT2D eigenvalue weighted by atomic mass is 79.9. The van der Waals surface area contributed by atoms with Crippen LogP contribution in [0.2, 0.25) is 0 Å². The van der Waals surface area contributed by atoms with E-state index in [0.717, 1.165) is 26.3 Å². The van der Waals surface area contributed by atoms with E-state index in [1.54, 1.807) is 62.6 Å². The quantitative estimate of drug-likeness (QED) is 0.312. The first-order valence-electron chi connectivity index (χ1n) is 12.6. The Morgan fingerprint density at radius 1 is 0.974 bits per heavy atom. The number of nitrogens with zero attached hydrogens (tertiary/aromatic N) is 2. The Labute approximate surface area is 239 Å². The summed E-state index contributed by atoms with van der Waals surface area (Å²) >= 11 is 3.38. The molecule has 1 N–H and O–H groups in total. The second-order valence-electron chi connectivity index (χ2n) is 9.14. The zero-order valence-corrected chi connectivity index (χ0v) is 25.0. The molecule has 0 heterocycles. The maximum absolute atomic E-state index is 13.9. The largest absolute Gasteiger partial charge is 0.497 e. The molecule has 0 aliphatic carbocycles. The fourth-order valence-corrected chi connectivity index (χ4v) is 5.56. The van der Waals surface area contributed by atoms with Crippen molar-refractivity contribution in [2.24, 2.45) is 0 Å². The number of amides is 2. The lowest BCUT2D eigenvalue weighted by molar-refractivity contribution is -0.139. The van der Waals surface area contributed by atoms with Crippen LogP contribution in [0.1, 0.15) is 31.4 Å². The van der Waals surface area contributed by atoms with Crippen LogP contribution < -0.4 is 14.4 Å². The zero-order valence-electron chi connectivity index (χ0n) is 22.6. The number of aryl methyl sites for hydroxylation is 1. The SMILES string of the molecule is CCCNC(=O)C(C)N(Cc1ccc(OC)cc1)C(=O)CN(c1ccc(Br)cc1)S(=O)(=O)c1ccc(C)cc1. The van der Waals surface area contributed by atoms with Crippen LogP contribution in [0.5, 0.6) is 5.75 Å². The molecule has 2 amide bonds. The molecule has 0 fully saturated rings. The van der Waals surface area contributed by atoms with Crippen molar-refractivity contribution in [3.8, 4) is 5.75 Å². The molecule has 0 radical (unpaired) electrons. The molecular formula is C29H34BrN3O5S. The fourth-order valence-electron chi connectivity index (χ4n) is 3.88. The number of carbonyl (C=O) groups is 2. The normalized spacial score (nSPS) is 11.9. The maximum Gasteiger partial charge on any atom is 0.264 e. The Morgan fingerprint density at radius 2 is 1.59 bits per heavy atom. The summed E-state index contributed by atoms with van der Waals surface area (Å²) in [4.78, 5) is 28.3. The first-order chi connectivity index (χ1) is 18.6. The summed E-state index contributed by atoms with van der Waals surface area (Å²) in [7, 11) is -2.54. The number of methoxy groups -OCH3 is 1. The van der Waals surface area contributed by atoms with Crippen molar-refractivity contribution in [1.29, 1.82) is 0 Å². The molecule has 0 aliphatic heterocycles. The molecule has 8 nitrogen and oxygen atoms in total. The summed E-state index contributed by atoms with van der Waals surface area (Å²) in [5.41, 5.74) is 2.02. The van der Waals surface area contributed by atoms with Crippen LogP contribution >= 0.6 is 15.9 Å². The van der Waals surface area contributed by atoms with E-state index in [2.05, 4.69) is 21.2 Å². The van der Waals surface area contributed by atoms with Crippen molar-refractivity contribution in [1.82, 2.24) is 10.2 Å². The van der Waals surface area contributed by atoms with Crippen LogP contribution in [-0.2, 0) is 26.2 Å². The Bertz CT molecular complexity index is 1360. The Balaban J connectivity index is 2.00. The van der Waals surface area contributed by atoms with Crippen molar-refractivity contribution < 1.29 is 22.7 Å². The molecule has 1 atom stereocenters. The molecule has 0 saturated carbocycles. The van der Waals surface area contributed by atoms with Crippen molar-refractivity contribution in [3.05, 3.63) is 88.4 Å². The molecule has 3 rings (SSSR count). The van der Waals surface area contributed by atoms with Gasteiger partial charge in [0.1, 0.15) is 18.3 Å². The number of nitrogens with one attached hydrogen (secondary N) is 1. The number of sulfonamides is 1. The summed E-state index contributed by atoms with van der Waals surface area (Å²) in [5.74, 6) is -0.158. The van der Waals surface area contributed by atoms with Gasteiger partial charge >= 0.3 is 0 Å². The molecule has 208 valence electrons. The smallest absolute Gasteiger partial charge is 0.264 e. The van der Waals surface area contributed by atoms with Crippen molar-refractivity contribution in [2.75, 3.05) is 24.5 Å². The van der Waals surface area contributed by atoms with E-state index in [-0.39, 0.29) is 17.3 Å². The van der Waals surface area contributed by atoms with E-state index < -0.39 is 28.5 Å². The van der Waals surface area contributed by atoms with E-state index in [1.165, 1.54) is 17.0 Å². The lowest BCUT2D eigenvalue weighted by Gasteiger charge is -2.32. The maximum atomic E-state index is 13.9. The lowest BCUT2D eigenvalue weighted by atomic mass is 10.1.